The first-order valence-corrected chi connectivity index (χ1v) is 18.5. The summed E-state index contributed by atoms with van der Waals surface area (Å²) in [5.74, 6) is 1.80. The van der Waals surface area contributed by atoms with E-state index in [0.29, 0.717) is 13.2 Å². The van der Waals surface area contributed by atoms with E-state index >= 15 is 0 Å². The number of rotatable bonds is 17. The Morgan fingerprint density at radius 1 is 0.565 bits per heavy atom. The first kappa shape index (κ1) is 36.1. The van der Waals surface area contributed by atoms with Gasteiger partial charge in [0.15, 0.2) is 11.6 Å². The smallest absolute Gasteiger partial charge is 0.171 e. The van der Waals surface area contributed by atoms with Crippen molar-refractivity contribution in [2.45, 2.75) is 90.9 Å². The molecule has 2 saturated heterocycles. The van der Waals surface area contributed by atoms with Crippen LogP contribution in [0, 0.1) is 11.8 Å². The number of nitrogens with zero attached hydrogens (tertiary/aromatic N) is 2. The van der Waals surface area contributed by atoms with Gasteiger partial charge in [-0.25, -0.2) is 0 Å². The molecular weight excluding hydrogens is 572 g/mol. The number of Topliss-reactive ketones (excluding diaryl/α,β-unsaturated/α-hetero) is 2. The van der Waals surface area contributed by atoms with Gasteiger partial charge in [0.1, 0.15) is 11.5 Å². The van der Waals surface area contributed by atoms with E-state index in [9.17, 15) is 9.59 Å². The van der Waals surface area contributed by atoms with Crippen molar-refractivity contribution < 1.29 is 28.0 Å². The van der Waals surface area contributed by atoms with Crippen LogP contribution in [-0.4, -0.2) is 87.1 Å². The molecule has 6 nitrogen and oxygen atoms in total. The molecule has 2 aromatic carbocycles. The predicted molar refractivity (Wildman–Crippen MR) is 188 cm³/mol. The zero-order valence-corrected chi connectivity index (χ0v) is 29.4. The molecule has 2 aliphatic heterocycles. The monoisotopic (exact) mass is 634 g/mol. The summed E-state index contributed by atoms with van der Waals surface area (Å²) in [6, 6.07) is 15.5. The minimum atomic E-state index is -0.125. The van der Waals surface area contributed by atoms with Gasteiger partial charge in [-0.3, -0.25) is 9.59 Å². The quantitative estimate of drug-likeness (QED) is 0.130. The summed E-state index contributed by atoms with van der Waals surface area (Å²) in [6.45, 7) is 11.7. The molecule has 0 saturated carbocycles. The Morgan fingerprint density at radius 3 is 1.20 bits per heavy atom. The van der Waals surface area contributed by atoms with E-state index in [1.165, 1.54) is 51.4 Å². The van der Waals surface area contributed by atoms with Crippen LogP contribution in [0.15, 0.2) is 48.5 Å². The Balaban J connectivity index is 1.58. The van der Waals surface area contributed by atoms with Crippen LogP contribution < -0.4 is 9.47 Å². The van der Waals surface area contributed by atoms with E-state index < -0.39 is 0 Å². The minimum Gasteiger partial charge on any atom is -0.494 e. The molecule has 6 heteroatoms. The second kappa shape index (κ2) is 18.0. The number of carbonyl (C=O) groups is 2. The number of carbonyl (C=O) groups excluding carboxylic acids is 2. The number of hydrogen-bond acceptors (Lipinski definition) is 4. The molecule has 2 unspecified atom stereocenters. The van der Waals surface area contributed by atoms with Gasteiger partial charge in [-0.15, -0.1) is 0 Å². The van der Waals surface area contributed by atoms with Crippen LogP contribution in [0.1, 0.15) is 112 Å². The summed E-state index contributed by atoms with van der Waals surface area (Å²) >= 11 is 0. The lowest BCUT2D eigenvalue weighted by Crippen LogP contribution is -2.50. The molecule has 0 amide bonds. The zero-order chi connectivity index (χ0) is 32.8. The van der Waals surface area contributed by atoms with Gasteiger partial charge in [0, 0.05) is 11.1 Å². The van der Waals surface area contributed by atoms with Gasteiger partial charge in [0.25, 0.3) is 0 Å². The highest BCUT2D eigenvalue weighted by Gasteiger charge is 2.36. The van der Waals surface area contributed by atoms with E-state index in [-0.39, 0.29) is 23.4 Å². The van der Waals surface area contributed by atoms with Crippen LogP contribution in [0.3, 0.4) is 0 Å². The lowest BCUT2D eigenvalue weighted by molar-refractivity contribution is -0.911. The summed E-state index contributed by atoms with van der Waals surface area (Å²) < 4.78 is 13.5. The lowest BCUT2D eigenvalue weighted by atomic mass is 9.85. The lowest BCUT2D eigenvalue weighted by Gasteiger charge is -2.38. The van der Waals surface area contributed by atoms with Crippen LogP contribution in [0.5, 0.6) is 11.5 Å². The summed E-state index contributed by atoms with van der Waals surface area (Å²) in [5, 5.41) is 0. The second-order valence-corrected chi connectivity index (χ2v) is 14.8. The Kier molecular flexibility index (Phi) is 14.1. The Bertz CT molecular complexity index is 1100. The van der Waals surface area contributed by atoms with Gasteiger partial charge in [-0.2, -0.15) is 0 Å². The van der Waals surface area contributed by atoms with Crippen LogP contribution >= 0.6 is 0 Å². The number of ketones is 2. The molecule has 0 N–H and O–H groups in total. The normalized spacial score (nSPS) is 19.3. The Labute approximate surface area is 279 Å². The highest BCUT2D eigenvalue weighted by Crippen LogP contribution is 2.29. The topological polar surface area (TPSA) is 52.6 Å². The number of ether oxygens (including phenoxy) is 2. The molecule has 0 spiro atoms. The van der Waals surface area contributed by atoms with E-state index in [1.54, 1.807) is 0 Å². The first-order valence-electron chi connectivity index (χ1n) is 18.5. The first-order chi connectivity index (χ1) is 22.2. The number of benzene rings is 2. The average molecular weight is 635 g/mol. The molecule has 2 fully saturated rings. The third-order valence-corrected chi connectivity index (χ3v) is 10.4. The molecule has 2 atom stereocenters. The number of likely N-dealkylation sites (tertiary alicyclic amines) is 2. The van der Waals surface area contributed by atoms with Crippen molar-refractivity contribution in [3.8, 4) is 11.5 Å². The highest BCUT2D eigenvalue weighted by molar-refractivity contribution is 5.99. The van der Waals surface area contributed by atoms with Crippen molar-refractivity contribution in [3.63, 3.8) is 0 Å². The van der Waals surface area contributed by atoms with Gasteiger partial charge in [-0.1, -0.05) is 13.8 Å². The molecule has 2 aliphatic rings. The van der Waals surface area contributed by atoms with Crippen molar-refractivity contribution >= 4 is 11.6 Å². The average Bonchev–Trinajstić information content (AvgIpc) is 3.43. The van der Waals surface area contributed by atoms with Gasteiger partial charge in [0.2, 0.25) is 0 Å². The fourth-order valence-corrected chi connectivity index (χ4v) is 7.69. The molecule has 2 heterocycles. The fraction of sp³-hybridized carbons (Fsp3) is 0.650. The van der Waals surface area contributed by atoms with Crippen LogP contribution in [0.25, 0.3) is 0 Å². The maximum atomic E-state index is 14.3. The molecule has 4 rings (SSSR count). The fourth-order valence-electron chi connectivity index (χ4n) is 7.69. The molecule has 2 aromatic rings. The molecular formula is C40H62N2O4+2. The van der Waals surface area contributed by atoms with E-state index in [2.05, 4.69) is 27.9 Å². The third-order valence-electron chi connectivity index (χ3n) is 10.4. The van der Waals surface area contributed by atoms with E-state index in [1.807, 2.05) is 48.5 Å². The van der Waals surface area contributed by atoms with Crippen molar-refractivity contribution in [2.75, 3.05) is 66.6 Å². The standard InChI is InChI=1S/C40H62N2O4/c1-5-29-45-37-21-17-33(18-22-37)39(43)35(31-41(3)25-11-7-8-12-26-41)15-16-36(32-42(4)27-13-9-10-14-28-42)40(44)34-19-23-38(24-20-34)46-30-6-2/h17-24,35-36H,5-16,25-32H2,1-4H3/q+2. The highest BCUT2D eigenvalue weighted by atomic mass is 16.5. The largest absolute Gasteiger partial charge is 0.494 e. The Hall–Kier alpha value is -2.70. The molecule has 46 heavy (non-hydrogen) atoms. The van der Waals surface area contributed by atoms with Crippen molar-refractivity contribution in [2.24, 2.45) is 11.8 Å². The summed E-state index contributed by atoms with van der Waals surface area (Å²) in [7, 11) is 4.70. The Morgan fingerprint density at radius 2 is 0.891 bits per heavy atom. The van der Waals surface area contributed by atoms with Gasteiger partial charge < -0.3 is 18.4 Å². The number of hydrogen-bond donors (Lipinski definition) is 0. The maximum absolute atomic E-state index is 14.3. The van der Waals surface area contributed by atoms with Crippen LogP contribution in [-0.2, 0) is 0 Å². The van der Waals surface area contributed by atoms with Gasteiger partial charge >= 0.3 is 0 Å². The summed E-state index contributed by atoms with van der Waals surface area (Å²) in [5.41, 5.74) is 1.51. The van der Waals surface area contributed by atoms with Crippen LogP contribution in [0.4, 0.5) is 0 Å². The van der Waals surface area contributed by atoms with Crippen molar-refractivity contribution in [1.29, 1.82) is 0 Å². The summed E-state index contributed by atoms with van der Waals surface area (Å²) in [4.78, 5) is 28.6. The maximum Gasteiger partial charge on any atom is 0.171 e. The molecule has 0 radical (unpaired) electrons. The van der Waals surface area contributed by atoms with E-state index in [4.69, 9.17) is 9.47 Å². The van der Waals surface area contributed by atoms with Gasteiger partial charge in [-0.05, 0) is 126 Å². The molecule has 0 aliphatic carbocycles. The molecule has 0 bridgehead atoms. The van der Waals surface area contributed by atoms with E-state index in [0.717, 1.165) is 96.5 Å². The zero-order valence-electron chi connectivity index (χ0n) is 29.4. The number of quaternary nitrogens is 2. The van der Waals surface area contributed by atoms with Crippen molar-refractivity contribution in [1.82, 2.24) is 0 Å². The predicted octanol–water partition coefficient (Wildman–Crippen LogP) is 8.38. The molecule has 0 aromatic heterocycles. The molecule has 254 valence electrons. The second-order valence-electron chi connectivity index (χ2n) is 14.8. The summed E-state index contributed by atoms with van der Waals surface area (Å²) in [6.07, 6.45) is 13.4. The van der Waals surface area contributed by atoms with Crippen molar-refractivity contribution in [3.05, 3.63) is 59.7 Å². The van der Waals surface area contributed by atoms with Gasteiger partial charge in [0.05, 0.1) is 78.4 Å². The van der Waals surface area contributed by atoms with Crippen LogP contribution in [0.2, 0.25) is 0 Å². The SMILES string of the molecule is CCCOc1ccc(C(=O)C(CCC(C[N+]2(C)CCCCCC2)C(=O)c2ccc(OCCC)cc2)C[N+]2(C)CCCCCC2)cc1. The minimum absolute atomic E-state index is 0.125. The third kappa shape index (κ3) is 10.9.